The second-order valence-electron chi connectivity index (χ2n) is 10.2. The number of hydrogen-bond donors (Lipinski definition) is 1. The van der Waals surface area contributed by atoms with Crippen molar-refractivity contribution in [3.05, 3.63) is 42.5 Å². The Kier molecular flexibility index (Phi) is 5.78. The van der Waals surface area contributed by atoms with E-state index in [1.165, 1.54) is 0 Å². The van der Waals surface area contributed by atoms with Crippen molar-refractivity contribution in [2.24, 2.45) is 0 Å². The van der Waals surface area contributed by atoms with E-state index in [4.69, 9.17) is 14.7 Å². The summed E-state index contributed by atoms with van der Waals surface area (Å²) in [6.45, 7) is 12.4. The van der Waals surface area contributed by atoms with E-state index < -0.39 is 5.60 Å². The molecule has 1 aliphatic rings. The third-order valence-electron chi connectivity index (χ3n) is 6.17. The minimum Gasteiger partial charge on any atom is -0.444 e. The maximum Gasteiger partial charge on any atom is 0.410 e. The van der Waals surface area contributed by atoms with E-state index in [-0.39, 0.29) is 12.0 Å². The lowest BCUT2D eigenvalue weighted by atomic mass is 10.0. The summed E-state index contributed by atoms with van der Waals surface area (Å²) in [5.74, 6) is 1.77. The summed E-state index contributed by atoms with van der Waals surface area (Å²) in [6.07, 6.45) is 7.08. The van der Waals surface area contributed by atoms with Crippen LogP contribution in [0.25, 0.3) is 33.3 Å². The molecule has 0 spiro atoms. The zero-order valence-corrected chi connectivity index (χ0v) is 20.9. The molecule has 0 aromatic carbocycles. The van der Waals surface area contributed by atoms with Crippen LogP contribution >= 0.6 is 0 Å². The van der Waals surface area contributed by atoms with E-state index in [9.17, 15) is 4.79 Å². The topological polar surface area (TPSA) is 100 Å². The van der Waals surface area contributed by atoms with Gasteiger partial charge in [-0.15, -0.1) is 0 Å². The summed E-state index contributed by atoms with van der Waals surface area (Å²) in [4.78, 5) is 38.7. The molecule has 4 aromatic heterocycles. The third kappa shape index (κ3) is 4.50. The van der Waals surface area contributed by atoms with Crippen molar-refractivity contribution in [2.75, 3.05) is 31.1 Å². The van der Waals surface area contributed by atoms with Gasteiger partial charge in [-0.2, -0.15) is 0 Å². The van der Waals surface area contributed by atoms with E-state index >= 15 is 0 Å². The van der Waals surface area contributed by atoms with Crippen LogP contribution in [0.5, 0.6) is 0 Å². The average molecular weight is 474 g/mol. The summed E-state index contributed by atoms with van der Waals surface area (Å²) in [7, 11) is 0. The van der Waals surface area contributed by atoms with Gasteiger partial charge < -0.3 is 19.5 Å². The van der Waals surface area contributed by atoms with Gasteiger partial charge in [-0.1, -0.05) is 13.8 Å². The van der Waals surface area contributed by atoms with E-state index in [1.807, 2.05) is 51.5 Å². The van der Waals surface area contributed by atoms with Crippen LogP contribution in [0.15, 0.2) is 36.9 Å². The maximum absolute atomic E-state index is 12.6. The number of aromatic amines is 1. The molecule has 0 radical (unpaired) electrons. The number of anilines is 1. The first-order chi connectivity index (χ1) is 16.7. The van der Waals surface area contributed by atoms with Gasteiger partial charge in [0.15, 0.2) is 5.82 Å². The summed E-state index contributed by atoms with van der Waals surface area (Å²) >= 11 is 0. The number of fused-ring (bicyclic) bond motifs is 2. The Labute approximate surface area is 204 Å². The largest absolute Gasteiger partial charge is 0.444 e. The molecule has 1 amide bonds. The van der Waals surface area contributed by atoms with Gasteiger partial charge in [-0.05, 0) is 44.4 Å². The van der Waals surface area contributed by atoms with Crippen molar-refractivity contribution in [1.29, 1.82) is 0 Å². The summed E-state index contributed by atoms with van der Waals surface area (Å²) in [6, 6.07) is 3.94. The van der Waals surface area contributed by atoms with Crippen LogP contribution in [-0.2, 0) is 4.74 Å². The van der Waals surface area contributed by atoms with Gasteiger partial charge in [0.1, 0.15) is 17.1 Å². The highest BCUT2D eigenvalue weighted by atomic mass is 16.6. The predicted molar refractivity (Wildman–Crippen MR) is 137 cm³/mol. The molecular weight excluding hydrogens is 442 g/mol. The number of H-pyrrole nitrogens is 1. The molecule has 182 valence electrons. The molecule has 1 aliphatic heterocycles. The number of ether oxygens (including phenoxy) is 1. The quantitative estimate of drug-likeness (QED) is 0.458. The number of aromatic nitrogens is 5. The van der Waals surface area contributed by atoms with Crippen LogP contribution in [-0.4, -0.2) is 67.7 Å². The first-order valence-electron chi connectivity index (χ1n) is 12.0. The van der Waals surface area contributed by atoms with Crippen molar-refractivity contribution in [3.8, 4) is 11.4 Å². The van der Waals surface area contributed by atoms with Crippen LogP contribution in [0.1, 0.15) is 46.1 Å². The van der Waals surface area contributed by atoms with Crippen molar-refractivity contribution >= 4 is 33.8 Å². The molecule has 0 saturated carbocycles. The van der Waals surface area contributed by atoms with Gasteiger partial charge in [0.2, 0.25) is 0 Å². The fourth-order valence-electron chi connectivity index (χ4n) is 4.46. The smallest absolute Gasteiger partial charge is 0.410 e. The normalized spacial score (nSPS) is 14.8. The van der Waals surface area contributed by atoms with Crippen molar-refractivity contribution < 1.29 is 9.53 Å². The van der Waals surface area contributed by atoms with E-state index in [0.717, 1.165) is 38.9 Å². The van der Waals surface area contributed by atoms with Crippen molar-refractivity contribution in [2.45, 2.75) is 46.1 Å². The van der Waals surface area contributed by atoms with Gasteiger partial charge in [0, 0.05) is 61.1 Å². The van der Waals surface area contributed by atoms with Gasteiger partial charge >= 0.3 is 6.09 Å². The number of nitrogens with one attached hydrogen (secondary N) is 1. The van der Waals surface area contributed by atoms with Crippen LogP contribution in [0.4, 0.5) is 10.6 Å². The molecular formula is C26H31N7O2. The zero-order chi connectivity index (χ0) is 24.7. The minimum atomic E-state index is -0.515. The van der Waals surface area contributed by atoms with Crippen LogP contribution < -0.4 is 4.90 Å². The SMILES string of the molecule is CC(C)c1cncc2nc(-c3ccnc4[nH]ccc34)nc(N3CCN(C(=O)OC(C)(C)C)CC3)c12. The Hall–Kier alpha value is -3.75. The van der Waals surface area contributed by atoms with Crippen LogP contribution in [0.2, 0.25) is 0 Å². The maximum atomic E-state index is 12.6. The fraction of sp³-hybridized carbons (Fsp3) is 0.423. The van der Waals surface area contributed by atoms with Gasteiger partial charge in [-0.3, -0.25) is 4.98 Å². The Balaban J connectivity index is 1.56. The number of hydrogen-bond acceptors (Lipinski definition) is 7. The highest BCUT2D eigenvalue weighted by molar-refractivity contribution is 5.97. The third-order valence-corrected chi connectivity index (χ3v) is 6.17. The summed E-state index contributed by atoms with van der Waals surface area (Å²) in [5.41, 5.74) is 3.13. The zero-order valence-electron chi connectivity index (χ0n) is 20.9. The lowest BCUT2D eigenvalue weighted by Crippen LogP contribution is -2.50. The molecule has 0 atom stereocenters. The molecule has 0 bridgehead atoms. The number of piperazine rings is 1. The standard InChI is InChI=1S/C26H31N7O2/c1-16(2)19-14-27-15-20-21(19)24(32-10-12-33(13-11-32)25(34)35-26(3,4)5)31-23(30-20)18-7-9-29-22-17(18)6-8-28-22/h6-9,14-16H,10-13H2,1-5H3,(H,28,29). The minimum absolute atomic E-state index is 0.264. The average Bonchev–Trinajstić information content (AvgIpc) is 3.31. The van der Waals surface area contributed by atoms with Crippen LogP contribution in [0.3, 0.4) is 0 Å². The predicted octanol–water partition coefficient (Wildman–Crippen LogP) is 4.75. The lowest BCUT2D eigenvalue weighted by Gasteiger charge is -2.36. The number of nitrogens with zero attached hydrogens (tertiary/aromatic N) is 6. The number of pyridine rings is 2. The second kappa shape index (κ2) is 8.79. The lowest BCUT2D eigenvalue weighted by molar-refractivity contribution is 0.0240. The highest BCUT2D eigenvalue weighted by Gasteiger charge is 2.28. The molecule has 5 heterocycles. The molecule has 35 heavy (non-hydrogen) atoms. The van der Waals surface area contributed by atoms with Gasteiger partial charge in [0.25, 0.3) is 0 Å². The molecule has 1 N–H and O–H groups in total. The highest BCUT2D eigenvalue weighted by Crippen LogP contribution is 2.35. The Bertz CT molecular complexity index is 1380. The van der Waals surface area contributed by atoms with E-state index in [2.05, 4.69) is 33.7 Å². The number of amides is 1. The molecule has 1 saturated heterocycles. The Morgan fingerprint density at radius 1 is 1.09 bits per heavy atom. The van der Waals surface area contributed by atoms with E-state index in [0.29, 0.717) is 32.0 Å². The Morgan fingerprint density at radius 3 is 2.57 bits per heavy atom. The fourth-order valence-corrected chi connectivity index (χ4v) is 4.46. The number of carbonyl (C=O) groups excluding carboxylic acids is 1. The number of rotatable bonds is 3. The molecule has 1 fully saturated rings. The molecule has 9 heteroatoms. The number of carbonyl (C=O) groups is 1. The molecule has 0 unspecified atom stereocenters. The molecule has 5 rings (SSSR count). The summed E-state index contributed by atoms with van der Waals surface area (Å²) in [5, 5.41) is 1.99. The monoisotopic (exact) mass is 473 g/mol. The first-order valence-corrected chi connectivity index (χ1v) is 12.0. The first kappa shape index (κ1) is 23.0. The molecule has 0 aliphatic carbocycles. The Morgan fingerprint density at radius 2 is 1.86 bits per heavy atom. The van der Waals surface area contributed by atoms with Crippen LogP contribution in [0, 0.1) is 0 Å². The molecule has 4 aromatic rings. The second-order valence-corrected chi connectivity index (χ2v) is 10.2. The van der Waals surface area contributed by atoms with Gasteiger partial charge in [-0.25, -0.2) is 19.7 Å². The molecule has 9 nitrogen and oxygen atoms in total. The summed E-state index contributed by atoms with van der Waals surface area (Å²) < 4.78 is 5.57. The van der Waals surface area contributed by atoms with Crippen molar-refractivity contribution in [1.82, 2.24) is 29.8 Å². The van der Waals surface area contributed by atoms with Gasteiger partial charge in [0.05, 0.1) is 11.7 Å². The van der Waals surface area contributed by atoms with E-state index in [1.54, 1.807) is 11.1 Å². The van der Waals surface area contributed by atoms with Crippen molar-refractivity contribution in [3.63, 3.8) is 0 Å².